The number of benzene rings is 2. The monoisotopic (exact) mass is 358 g/mol. The molecule has 0 spiro atoms. The third-order valence-electron chi connectivity index (χ3n) is 5.08. The fourth-order valence-corrected chi connectivity index (χ4v) is 3.48. The van der Waals surface area contributed by atoms with Crippen LogP contribution in [0.15, 0.2) is 88.4 Å². The molecule has 0 aromatic heterocycles. The summed E-state index contributed by atoms with van der Waals surface area (Å²) in [5, 5.41) is 3.30. The molecule has 134 valence electrons. The zero-order valence-corrected chi connectivity index (χ0v) is 14.7. The molecular formula is C21H20N5O+. The van der Waals surface area contributed by atoms with Gasteiger partial charge in [-0.05, 0) is 36.4 Å². The first-order valence-electron chi connectivity index (χ1n) is 9.00. The summed E-state index contributed by atoms with van der Waals surface area (Å²) in [7, 11) is 0. The molecule has 5 rings (SSSR count). The van der Waals surface area contributed by atoms with Gasteiger partial charge in [0.05, 0.1) is 18.0 Å². The number of nitrogens with one attached hydrogen (secondary N) is 1. The molecule has 27 heavy (non-hydrogen) atoms. The fraction of sp³-hybridized carbons (Fsp3) is 0.143. The summed E-state index contributed by atoms with van der Waals surface area (Å²) in [6, 6.07) is 17.6. The molecule has 0 aliphatic carbocycles. The molecule has 3 heterocycles. The second kappa shape index (κ2) is 6.28. The molecule has 3 aliphatic heterocycles. The van der Waals surface area contributed by atoms with Gasteiger partial charge in [0.1, 0.15) is 23.4 Å². The van der Waals surface area contributed by atoms with E-state index in [4.69, 9.17) is 15.6 Å². The van der Waals surface area contributed by atoms with Crippen LogP contribution in [-0.2, 0) is 0 Å². The summed E-state index contributed by atoms with van der Waals surface area (Å²) < 4.78 is 5.95. The van der Waals surface area contributed by atoms with Gasteiger partial charge in [-0.1, -0.05) is 18.2 Å². The molecule has 1 unspecified atom stereocenters. The van der Waals surface area contributed by atoms with E-state index in [0.717, 1.165) is 47.4 Å². The number of allylic oxidation sites excluding steroid dienone is 1. The highest BCUT2D eigenvalue weighted by atomic mass is 16.5. The van der Waals surface area contributed by atoms with Crippen LogP contribution in [0.2, 0.25) is 0 Å². The van der Waals surface area contributed by atoms with E-state index < -0.39 is 0 Å². The SMILES string of the molecule is N[N+]12C=CN=CC1=C(C1CNC1)N=C2c1ccc(Oc2ccccc2)cc1. The first-order chi connectivity index (χ1) is 13.2. The van der Waals surface area contributed by atoms with Crippen LogP contribution in [-0.4, -0.2) is 29.7 Å². The first kappa shape index (κ1) is 16.1. The number of para-hydroxylation sites is 1. The van der Waals surface area contributed by atoms with Crippen LogP contribution in [0.1, 0.15) is 5.56 Å². The van der Waals surface area contributed by atoms with E-state index in [9.17, 15) is 0 Å². The molecule has 1 fully saturated rings. The quantitative estimate of drug-likeness (QED) is 0.652. The lowest BCUT2D eigenvalue weighted by atomic mass is 9.98. The van der Waals surface area contributed by atoms with E-state index >= 15 is 0 Å². The molecule has 2 aromatic rings. The highest BCUT2D eigenvalue weighted by molar-refractivity contribution is 6.00. The minimum absolute atomic E-state index is 0.0637. The van der Waals surface area contributed by atoms with Crippen molar-refractivity contribution in [3.8, 4) is 11.5 Å². The van der Waals surface area contributed by atoms with Gasteiger partial charge in [-0.25, -0.2) is 0 Å². The number of fused-ring (bicyclic) bond motifs is 1. The predicted molar refractivity (Wildman–Crippen MR) is 105 cm³/mol. The Balaban J connectivity index is 1.46. The molecule has 3 aliphatic rings. The Morgan fingerprint density at radius 1 is 1.00 bits per heavy atom. The second-order valence-electron chi connectivity index (χ2n) is 6.85. The molecule has 1 atom stereocenters. The number of nitrogens with zero attached hydrogens (tertiary/aromatic N) is 3. The molecule has 0 amide bonds. The van der Waals surface area contributed by atoms with Gasteiger partial charge in [-0.2, -0.15) is 10.8 Å². The van der Waals surface area contributed by atoms with Gasteiger partial charge in [0, 0.05) is 19.0 Å². The van der Waals surface area contributed by atoms with Crippen LogP contribution in [0.25, 0.3) is 0 Å². The topological polar surface area (TPSA) is 72.0 Å². The van der Waals surface area contributed by atoms with Gasteiger partial charge >= 0.3 is 0 Å². The third kappa shape index (κ3) is 2.71. The van der Waals surface area contributed by atoms with Crippen molar-refractivity contribution in [2.45, 2.75) is 0 Å². The third-order valence-corrected chi connectivity index (χ3v) is 5.08. The maximum absolute atomic E-state index is 6.73. The summed E-state index contributed by atoms with van der Waals surface area (Å²) in [5.41, 5.74) is 2.95. The molecule has 0 radical (unpaired) electrons. The lowest BCUT2D eigenvalue weighted by molar-refractivity contribution is -0.750. The molecule has 6 heteroatoms. The van der Waals surface area contributed by atoms with Crippen molar-refractivity contribution in [3.05, 3.63) is 84.0 Å². The number of aliphatic imine (C=N–C) groups is 2. The highest BCUT2D eigenvalue weighted by Crippen LogP contribution is 2.35. The van der Waals surface area contributed by atoms with Crippen LogP contribution < -0.4 is 15.9 Å². The average molecular weight is 358 g/mol. The van der Waals surface area contributed by atoms with Crippen molar-refractivity contribution in [1.29, 1.82) is 0 Å². The normalized spacial score (nSPS) is 23.8. The van der Waals surface area contributed by atoms with Gasteiger partial charge in [0.15, 0.2) is 0 Å². The van der Waals surface area contributed by atoms with Crippen molar-refractivity contribution < 1.29 is 9.33 Å². The van der Waals surface area contributed by atoms with Crippen LogP contribution in [0.3, 0.4) is 0 Å². The average Bonchev–Trinajstić information content (AvgIpc) is 2.95. The summed E-state index contributed by atoms with van der Waals surface area (Å²) in [5.74, 6) is 9.51. The number of nitrogens with two attached hydrogens (primary N) is 1. The van der Waals surface area contributed by atoms with E-state index in [-0.39, 0.29) is 4.59 Å². The van der Waals surface area contributed by atoms with Crippen LogP contribution in [0.5, 0.6) is 11.5 Å². The zero-order valence-electron chi connectivity index (χ0n) is 14.7. The summed E-state index contributed by atoms with van der Waals surface area (Å²) in [6.07, 6.45) is 5.44. The summed E-state index contributed by atoms with van der Waals surface area (Å²) in [4.78, 5) is 9.20. The largest absolute Gasteiger partial charge is 0.457 e. The van der Waals surface area contributed by atoms with Gasteiger partial charge in [-0.3, -0.25) is 4.99 Å². The Labute approximate surface area is 157 Å². The van der Waals surface area contributed by atoms with Gasteiger partial charge in [0.2, 0.25) is 5.70 Å². The Kier molecular flexibility index (Phi) is 3.75. The van der Waals surface area contributed by atoms with E-state index in [1.807, 2.05) is 67.0 Å². The Morgan fingerprint density at radius 2 is 1.74 bits per heavy atom. The zero-order chi connectivity index (χ0) is 18.3. The molecule has 0 saturated carbocycles. The number of hydrogen-bond acceptors (Lipinski definition) is 5. The predicted octanol–water partition coefficient (Wildman–Crippen LogP) is 2.92. The van der Waals surface area contributed by atoms with E-state index in [0.29, 0.717) is 5.92 Å². The van der Waals surface area contributed by atoms with Crippen LogP contribution >= 0.6 is 0 Å². The Bertz CT molecular complexity index is 987. The lowest BCUT2D eigenvalue weighted by Crippen LogP contribution is -2.53. The lowest BCUT2D eigenvalue weighted by Gasteiger charge is -2.29. The summed E-state index contributed by atoms with van der Waals surface area (Å²) in [6.45, 7) is 1.86. The standard InChI is InChI=1S/C21H20N5O/c22-26-11-10-23-14-19(26)20(16-12-24-13-16)25-21(26)15-6-8-18(9-7-15)27-17-4-2-1-3-5-17/h1-11,14,16,24H,12-13,22H2/q+1. The first-order valence-corrected chi connectivity index (χ1v) is 9.00. The van der Waals surface area contributed by atoms with Crippen LogP contribution in [0, 0.1) is 5.92 Å². The highest BCUT2D eigenvalue weighted by Gasteiger charge is 2.46. The second-order valence-corrected chi connectivity index (χ2v) is 6.85. The van der Waals surface area contributed by atoms with E-state index in [1.165, 1.54) is 0 Å². The number of hydrogen-bond donors (Lipinski definition) is 2. The molecule has 3 N–H and O–H groups in total. The Morgan fingerprint density at radius 3 is 2.44 bits per heavy atom. The van der Waals surface area contributed by atoms with Gasteiger partial charge in [0.25, 0.3) is 5.84 Å². The van der Waals surface area contributed by atoms with Crippen molar-refractivity contribution in [2.24, 2.45) is 21.7 Å². The smallest absolute Gasteiger partial charge is 0.264 e. The minimum atomic E-state index is 0.0637. The van der Waals surface area contributed by atoms with Gasteiger partial charge in [-0.15, -0.1) is 4.59 Å². The van der Waals surface area contributed by atoms with Crippen molar-refractivity contribution in [1.82, 2.24) is 5.32 Å². The molecule has 0 bridgehead atoms. The van der Waals surface area contributed by atoms with Crippen molar-refractivity contribution in [2.75, 3.05) is 13.1 Å². The number of ether oxygens (including phenoxy) is 1. The number of rotatable bonds is 4. The van der Waals surface area contributed by atoms with Crippen LogP contribution in [0.4, 0.5) is 0 Å². The Hall–Kier alpha value is -3.06. The van der Waals surface area contributed by atoms with E-state index in [1.54, 1.807) is 6.20 Å². The van der Waals surface area contributed by atoms with E-state index in [2.05, 4.69) is 10.3 Å². The van der Waals surface area contributed by atoms with Crippen molar-refractivity contribution >= 4 is 12.1 Å². The fourth-order valence-electron chi connectivity index (χ4n) is 3.48. The minimum Gasteiger partial charge on any atom is -0.457 e. The van der Waals surface area contributed by atoms with Crippen molar-refractivity contribution in [3.63, 3.8) is 0 Å². The molecular weight excluding hydrogens is 338 g/mol. The number of amidine groups is 1. The molecule has 6 nitrogen and oxygen atoms in total. The van der Waals surface area contributed by atoms with Gasteiger partial charge < -0.3 is 10.1 Å². The maximum Gasteiger partial charge on any atom is 0.264 e. The molecule has 1 saturated heterocycles. The maximum atomic E-state index is 6.73. The number of quaternary nitrogens is 1. The molecule has 2 aromatic carbocycles. The summed E-state index contributed by atoms with van der Waals surface area (Å²) >= 11 is 0.